The summed E-state index contributed by atoms with van der Waals surface area (Å²) in [5, 5.41) is 0. The second-order valence-corrected chi connectivity index (χ2v) is 7.65. The molecule has 2 rings (SSSR count). The van der Waals surface area contributed by atoms with Crippen LogP contribution >= 0.6 is 27.3 Å². The molecule has 22 heavy (non-hydrogen) atoms. The molecule has 0 aliphatic rings. The standard InChI is InChI=1S/C18H21BrO2S/c1-3-4-5-6-7-14-12-16(22-18(14)19)17(20)13-8-10-15(21-2)11-9-13/h8-12H,3-7H2,1-2H3. The smallest absolute Gasteiger partial charge is 0.202 e. The summed E-state index contributed by atoms with van der Waals surface area (Å²) < 4.78 is 6.21. The van der Waals surface area contributed by atoms with Crippen molar-refractivity contribution in [3.05, 3.63) is 50.1 Å². The van der Waals surface area contributed by atoms with E-state index in [1.165, 1.54) is 42.6 Å². The van der Waals surface area contributed by atoms with Crippen LogP contribution in [0.2, 0.25) is 0 Å². The highest BCUT2D eigenvalue weighted by Gasteiger charge is 2.15. The quantitative estimate of drug-likeness (QED) is 0.422. The minimum absolute atomic E-state index is 0.0770. The Morgan fingerprint density at radius 1 is 1.18 bits per heavy atom. The van der Waals surface area contributed by atoms with E-state index in [1.807, 2.05) is 30.3 Å². The molecule has 0 atom stereocenters. The average molecular weight is 381 g/mol. The van der Waals surface area contributed by atoms with Crippen LogP contribution in [0.4, 0.5) is 0 Å². The summed E-state index contributed by atoms with van der Waals surface area (Å²) >= 11 is 5.12. The van der Waals surface area contributed by atoms with Crippen molar-refractivity contribution in [1.82, 2.24) is 0 Å². The lowest BCUT2D eigenvalue weighted by molar-refractivity contribution is 0.104. The molecule has 1 aromatic carbocycles. The van der Waals surface area contributed by atoms with Crippen LogP contribution in [0.25, 0.3) is 0 Å². The molecule has 0 aliphatic heterocycles. The van der Waals surface area contributed by atoms with Gasteiger partial charge in [-0.1, -0.05) is 26.2 Å². The highest BCUT2D eigenvalue weighted by Crippen LogP contribution is 2.31. The Bertz CT molecular complexity index is 617. The van der Waals surface area contributed by atoms with E-state index in [0.717, 1.165) is 20.8 Å². The van der Waals surface area contributed by atoms with Crippen molar-refractivity contribution in [2.45, 2.75) is 39.0 Å². The molecule has 0 aliphatic carbocycles. The predicted octanol–water partition coefficient (Wildman–Crippen LogP) is 5.87. The van der Waals surface area contributed by atoms with Crippen LogP contribution in [0.15, 0.2) is 34.1 Å². The monoisotopic (exact) mass is 380 g/mol. The predicted molar refractivity (Wildman–Crippen MR) is 96.3 cm³/mol. The number of unbranched alkanes of at least 4 members (excludes halogenated alkanes) is 3. The van der Waals surface area contributed by atoms with Crippen LogP contribution in [-0.2, 0) is 6.42 Å². The molecule has 0 saturated carbocycles. The molecule has 2 aromatic rings. The molecule has 0 bridgehead atoms. The summed E-state index contributed by atoms with van der Waals surface area (Å²) in [6.45, 7) is 2.21. The summed E-state index contributed by atoms with van der Waals surface area (Å²) in [4.78, 5) is 13.3. The Morgan fingerprint density at radius 3 is 2.55 bits per heavy atom. The second kappa shape index (κ2) is 8.49. The highest BCUT2D eigenvalue weighted by molar-refractivity contribution is 9.11. The minimum Gasteiger partial charge on any atom is -0.497 e. The van der Waals surface area contributed by atoms with E-state index < -0.39 is 0 Å². The first kappa shape index (κ1) is 17.2. The van der Waals surface area contributed by atoms with Crippen LogP contribution in [0, 0.1) is 0 Å². The fourth-order valence-corrected chi connectivity index (χ4v) is 4.05. The molecule has 0 amide bonds. The molecule has 0 spiro atoms. The van der Waals surface area contributed by atoms with Crippen LogP contribution in [0.5, 0.6) is 5.75 Å². The fourth-order valence-electron chi connectivity index (χ4n) is 2.32. The van der Waals surface area contributed by atoms with Crippen LogP contribution < -0.4 is 4.74 Å². The number of thiophene rings is 1. The van der Waals surface area contributed by atoms with Gasteiger partial charge in [-0.2, -0.15) is 0 Å². The maximum atomic E-state index is 12.5. The zero-order valence-electron chi connectivity index (χ0n) is 13.0. The van der Waals surface area contributed by atoms with Gasteiger partial charge in [0.2, 0.25) is 5.78 Å². The number of benzene rings is 1. The lowest BCUT2D eigenvalue weighted by Gasteiger charge is -2.01. The third kappa shape index (κ3) is 4.43. The summed E-state index contributed by atoms with van der Waals surface area (Å²) in [6.07, 6.45) is 5.98. The van der Waals surface area contributed by atoms with Crippen LogP contribution in [0.1, 0.15) is 53.4 Å². The van der Waals surface area contributed by atoms with Crippen molar-refractivity contribution < 1.29 is 9.53 Å². The van der Waals surface area contributed by atoms with E-state index in [4.69, 9.17) is 4.74 Å². The minimum atomic E-state index is 0.0770. The number of carbonyl (C=O) groups is 1. The van der Waals surface area contributed by atoms with Crippen molar-refractivity contribution in [1.29, 1.82) is 0 Å². The maximum absolute atomic E-state index is 12.5. The number of hydrogen-bond acceptors (Lipinski definition) is 3. The Balaban J connectivity index is 2.06. The number of rotatable bonds is 8. The van der Waals surface area contributed by atoms with Gasteiger partial charge in [0.1, 0.15) is 5.75 Å². The van der Waals surface area contributed by atoms with E-state index in [2.05, 4.69) is 22.9 Å². The van der Waals surface area contributed by atoms with Gasteiger partial charge in [-0.15, -0.1) is 11.3 Å². The molecule has 2 nitrogen and oxygen atoms in total. The SMILES string of the molecule is CCCCCCc1cc(C(=O)c2ccc(OC)cc2)sc1Br. The number of ether oxygens (including phenoxy) is 1. The molecule has 0 saturated heterocycles. The molecule has 118 valence electrons. The van der Waals surface area contributed by atoms with Gasteiger partial charge in [-0.25, -0.2) is 0 Å². The van der Waals surface area contributed by atoms with Crippen molar-refractivity contribution >= 4 is 33.0 Å². The lowest BCUT2D eigenvalue weighted by atomic mass is 10.1. The second-order valence-electron chi connectivity index (χ2n) is 5.28. The summed E-state index contributed by atoms with van der Waals surface area (Å²) in [6, 6.07) is 9.31. The van der Waals surface area contributed by atoms with Gasteiger partial charge in [-0.05, 0) is 64.7 Å². The normalized spacial score (nSPS) is 10.7. The summed E-state index contributed by atoms with van der Waals surface area (Å²) in [7, 11) is 1.62. The van der Waals surface area contributed by atoms with Crippen molar-refractivity contribution in [3.8, 4) is 5.75 Å². The lowest BCUT2D eigenvalue weighted by Crippen LogP contribution is -1.98. The first-order valence-electron chi connectivity index (χ1n) is 7.62. The van der Waals surface area contributed by atoms with Gasteiger partial charge in [-0.3, -0.25) is 4.79 Å². The molecule has 0 fully saturated rings. The van der Waals surface area contributed by atoms with Gasteiger partial charge in [0.25, 0.3) is 0 Å². The van der Waals surface area contributed by atoms with Crippen LogP contribution in [0.3, 0.4) is 0 Å². The molecule has 1 aromatic heterocycles. The molecule has 1 heterocycles. The third-order valence-corrected chi connectivity index (χ3v) is 5.59. The van der Waals surface area contributed by atoms with Gasteiger partial charge in [0.15, 0.2) is 0 Å². The zero-order chi connectivity index (χ0) is 15.9. The average Bonchev–Trinajstić information content (AvgIpc) is 2.92. The van der Waals surface area contributed by atoms with E-state index >= 15 is 0 Å². The Morgan fingerprint density at radius 2 is 1.91 bits per heavy atom. The topological polar surface area (TPSA) is 26.3 Å². The number of aryl methyl sites for hydroxylation is 1. The number of hydrogen-bond donors (Lipinski definition) is 0. The molecule has 0 unspecified atom stereocenters. The molecule has 0 radical (unpaired) electrons. The first-order chi connectivity index (χ1) is 10.7. The molecule has 0 N–H and O–H groups in total. The van der Waals surface area contributed by atoms with Gasteiger partial charge < -0.3 is 4.74 Å². The third-order valence-electron chi connectivity index (χ3n) is 3.63. The van der Waals surface area contributed by atoms with Crippen molar-refractivity contribution in [2.75, 3.05) is 7.11 Å². The number of carbonyl (C=O) groups excluding carboxylic acids is 1. The first-order valence-corrected chi connectivity index (χ1v) is 9.23. The molecular formula is C18H21BrO2S. The molecule has 4 heteroatoms. The Labute approximate surface area is 144 Å². The fraction of sp³-hybridized carbons (Fsp3) is 0.389. The van der Waals surface area contributed by atoms with E-state index in [0.29, 0.717) is 5.56 Å². The number of halogens is 1. The van der Waals surface area contributed by atoms with E-state index in [1.54, 1.807) is 7.11 Å². The van der Waals surface area contributed by atoms with Crippen molar-refractivity contribution in [2.24, 2.45) is 0 Å². The highest BCUT2D eigenvalue weighted by atomic mass is 79.9. The van der Waals surface area contributed by atoms with Gasteiger partial charge in [0, 0.05) is 5.56 Å². The van der Waals surface area contributed by atoms with E-state index in [-0.39, 0.29) is 5.78 Å². The largest absolute Gasteiger partial charge is 0.497 e. The molecular weight excluding hydrogens is 360 g/mol. The van der Waals surface area contributed by atoms with Crippen molar-refractivity contribution in [3.63, 3.8) is 0 Å². The Kier molecular flexibility index (Phi) is 6.65. The number of methoxy groups -OCH3 is 1. The van der Waals surface area contributed by atoms with Gasteiger partial charge >= 0.3 is 0 Å². The van der Waals surface area contributed by atoms with Crippen LogP contribution in [-0.4, -0.2) is 12.9 Å². The number of ketones is 1. The van der Waals surface area contributed by atoms with Gasteiger partial charge in [0.05, 0.1) is 15.8 Å². The summed E-state index contributed by atoms with van der Waals surface area (Å²) in [5.41, 5.74) is 1.95. The Hall–Kier alpha value is -1.13. The van der Waals surface area contributed by atoms with E-state index in [9.17, 15) is 4.79 Å². The summed E-state index contributed by atoms with van der Waals surface area (Å²) in [5.74, 6) is 0.841. The zero-order valence-corrected chi connectivity index (χ0v) is 15.4. The maximum Gasteiger partial charge on any atom is 0.202 e.